The van der Waals surface area contributed by atoms with Crippen molar-refractivity contribution in [2.45, 2.75) is 38.5 Å². The van der Waals surface area contributed by atoms with E-state index in [1.54, 1.807) is 0 Å². The number of amides is 1. The lowest BCUT2D eigenvalue weighted by Crippen LogP contribution is -2.36. The van der Waals surface area contributed by atoms with Crippen LogP contribution in [0, 0.1) is 11.3 Å². The summed E-state index contributed by atoms with van der Waals surface area (Å²) >= 11 is 0. The Labute approximate surface area is 131 Å². The van der Waals surface area contributed by atoms with Crippen molar-refractivity contribution < 1.29 is 9.53 Å². The van der Waals surface area contributed by atoms with Crippen LogP contribution < -0.4 is 5.32 Å². The monoisotopic (exact) mass is 298 g/mol. The summed E-state index contributed by atoms with van der Waals surface area (Å²) in [6.07, 6.45) is 6.16. The van der Waals surface area contributed by atoms with Crippen molar-refractivity contribution in [1.29, 1.82) is 0 Å². The number of hydrogen-bond acceptors (Lipinski definition) is 3. The molecule has 1 saturated carbocycles. The Balaban J connectivity index is 1.38. The summed E-state index contributed by atoms with van der Waals surface area (Å²) in [5.41, 5.74) is 2.45. The lowest BCUT2D eigenvalue weighted by molar-refractivity contribution is -0.123. The van der Waals surface area contributed by atoms with Crippen LogP contribution in [0.15, 0.2) is 29.3 Å². The van der Waals surface area contributed by atoms with Crippen molar-refractivity contribution in [2.24, 2.45) is 16.3 Å². The van der Waals surface area contributed by atoms with Gasteiger partial charge in [-0.3, -0.25) is 4.79 Å². The number of amidine groups is 1. The molecule has 1 spiro atoms. The van der Waals surface area contributed by atoms with Gasteiger partial charge in [-0.05, 0) is 49.1 Å². The minimum absolute atomic E-state index is 0.119. The topological polar surface area (TPSA) is 50.7 Å². The third-order valence-electron chi connectivity index (χ3n) is 5.35. The second-order valence-electron chi connectivity index (χ2n) is 6.95. The molecule has 1 amide bonds. The third-order valence-corrected chi connectivity index (χ3v) is 5.35. The summed E-state index contributed by atoms with van der Waals surface area (Å²) in [4.78, 5) is 17.1. The van der Waals surface area contributed by atoms with Crippen molar-refractivity contribution in [3.8, 4) is 0 Å². The molecule has 1 N–H and O–H groups in total. The van der Waals surface area contributed by atoms with Gasteiger partial charge in [-0.15, -0.1) is 0 Å². The molecule has 1 aromatic rings. The zero-order valence-electron chi connectivity index (χ0n) is 12.8. The van der Waals surface area contributed by atoms with E-state index in [0.717, 1.165) is 56.8 Å². The van der Waals surface area contributed by atoms with Crippen LogP contribution in [0.4, 0.5) is 5.69 Å². The third kappa shape index (κ3) is 2.56. The molecule has 2 fully saturated rings. The summed E-state index contributed by atoms with van der Waals surface area (Å²) in [6, 6.07) is 8.07. The van der Waals surface area contributed by atoms with Crippen LogP contribution in [0.1, 0.15) is 37.7 Å². The quantitative estimate of drug-likeness (QED) is 0.866. The smallest absolute Gasteiger partial charge is 0.228 e. The molecule has 1 aromatic carbocycles. The van der Waals surface area contributed by atoms with Crippen molar-refractivity contribution in [3.63, 3.8) is 0 Å². The van der Waals surface area contributed by atoms with Gasteiger partial charge in [0.25, 0.3) is 0 Å². The average Bonchev–Trinajstić information content (AvgIpc) is 3.12. The minimum Gasteiger partial charge on any atom is -0.381 e. The maximum atomic E-state index is 12.5. The molecular formula is C18H22N2O2. The van der Waals surface area contributed by atoms with Crippen LogP contribution in [0.5, 0.6) is 0 Å². The highest BCUT2D eigenvalue weighted by molar-refractivity contribution is 6.03. The van der Waals surface area contributed by atoms with Crippen LogP contribution in [-0.4, -0.2) is 25.0 Å². The average molecular weight is 298 g/mol. The van der Waals surface area contributed by atoms with Crippen molar-refractivity contribution in [2.75, 3.05) is 13.2 Å². The van der Waals surface area contributed by atoms with Crippen LogP contribution in [0.2, 0.25) is 0 Å². The van der Waals surface area contributed by atoms with Crippen LogP contribution in [0.25, 0.3) is 0 Å². The predicted molar refractivity (Wildman–Crippen MR) is 85.2 cm³/mol. The Kier molecular flexibility index (Phi) is 3.49. The van der Waals surface area contributed by atoms with Crippen molar-refractivity contribution >= 4 is 17.4 Å². The van der Waals surface area contributed by atoms with Crippen LogP contribution >= 0.6 is 0 Å². The first-order chi connectivity index (χ1) is 10.7. The van der Waals surface area contributed by atoms with E-state index < -0.39 is 0 Å². The van der Waals surface area contributed by atoms with Gasteiger partial charge < -0.3 is 10.1 Å². The largest absolute Gasteiger partial charge is 0.381 e. The van der Waals surface area contributed by atoms with Gasteiger partial charge in [0.05, 0.1) is 12.3 Å². The van der Waals surface area contributed by atoms with Gasteiger partial charge in [0.1, 0.15) is 5.84 Å². The molecule has 2 atom stereocenters. The Bertz CT molecular complexity index is 617. The van der Waals surface area contributed by atoms with Gasteiger partial charge in [-0.2, -0.15) is 0 Å². The molecular weight excluding hydrogens is 276 g/mol. The Hall–Kier alpha value is -1.68. The number of carbonyl (C=O) groups is 1. The van der Waals surface area contributed by atoms with E-state index in [0.29, 0.717) is 0 Å². The molecule has 1 aliphatic carbocycles. The zero-order valence-corrected chi connectivity index (χ0v) is 12.8. The number of nitrogens with one attached hydrogen (secondary N) is 1. The fourth-order valence-electron chi connectivity index (χ4n) is 4.15. The van der Waals surface area contributed by atoms with E-state index in [2.05, 4.69) is 16.4 Å². The number of aliphatic imine (C=N–C) groups is 1. The van der Waals surface area contributed by atoms with E-state index in [9.17, 15) is 4.79 Å². The van der Waals surface area contributed by atoms with Crippen molar-refractivity contribution in [1.82, 2.24) is 5.32 Å². The van der Waals surface area contributed by atoms with Gasteiger partial charge in [-0.1, -0.05) is 18.2 Å². The molecule has 4 heteroatoms. The SMILES string of the molecule is O=C(NC1=Nc2ccccc2C1)C1CC[C@]2(CCCOC2)C1. The Morgan fingerprint density at radius 1 is 1.32 bits per heavy atom. The van der Waals surface area contributed by atoms with E-state index >= 15 is 0 Å². The summed E-state index contributed by atoms with van der Waals surface area (Å²) in [5, 5.41) is 3.06. The van der Waals surface area contributed by atoms with E-state index in [4.69, 9.17) is 4.74 Å². The minimum atomic E-state index is 0.119. The van der Waals surface area contributed by atoms with Gasteiger partial charge in [0.2, 0.25) is 5.91 Å². The van der Waals surface area contributed by atoms with E-state index in [-0.39, 0.29) is 17.2 Å². The highest BCUT2D eigenvalue weighted by Crippen LogP contribution is 2.47. The lowest BCUT2D eigenvalue weighted by Gasteiger charge is -2.33. The van der Waals surface area contributed by atoms with Crippen molar-refractivity contribution in [3.05, 3.63) is 29.8 Å². The summed E-state index contributed by atoms with van der Waals surface area (Å²) in [5.74, 6) is 1.06. The maximum absolute atomic E-state index is 12.5. The molecule has 2 aliphatic heterocycles. The highest BCUT2D eigenvalue weighted by atomic mass is 16.5. The normalized spacial score (nSPS) is 30.2. The standard InChI is InChI=1S/C18H22N2O2/c21-17(14-6-8-18(11-14)7-3-9-22-12-18)20-16-10-13-4-1-2-5-15(13)19-16/h1-2,4-5,14H,3,6-12H2,(H,19,20,21)/t14?,18-/m1/s1. The molecule has 22 heavy (non-hydrogen) atoms. The number of ether oxygens (including phenoxy) is 1. The number of fused-ring (bicyclic) bond motifs is 1. The number of benzene rings is 1. The van der Waals surface area contributed by atoms with Crippen LogP contribution in [0.3, 0.4) is 0 Å². The number of rotatable bonds is 1. The number of carbonyl (C=O) groups excluding carboxylic acids is 1. The molecule has 4 nitrogen and oxygen atoms in total. The van der Waals surface area contributed by atoms with Gasteiger partial charge in [0, 0.05) is 18.9 Å². The first-order valence-electron chi connectivity index (χ1n) is 8.28. The molecule has 1 unspecified atom stereocenters. The predicted octanol–water partition coefficient (Wildman–Crippen LogP) is 2.99. The van der Waals surface area contributed by atoms with Gasteiger partial charge >= 0.3 is 0 Å². The Morgan fingerprint density at radius 2 is 2.23 bits per heavy atom. The van der Waals surface area contributed by atoms with Gasteiger partial charge in [0.15, 0.2) is 0 Å². The second kappa shape index (κ2) is 5.51. The van der Waals surface area contributed by atoms with E-state index in [1.165, 1.54) is 12.0 Å². The molecule has 0 aromatic heterocycles. The number of hydrogen-bond donors (Lipinski definition) is 1. The number of nitrogens with zero attached hydrogens (tertiary/aromatic N) is 1. The summed E-state index contributed by atoms with van der Waals surface area (Å²) in [7, 11) is 0. The first kappa shape index (κ1) is 13.9. The summed E-state index contributed by atoms with van der Waals surface area (Å²) < 4.78 is 5.66. The molecule has 2 heterocycles. The molecule has 3 aliphatic rings. The maximum Gasteiger partial charge on any atom is 0.228 e. The fraction of sp³-hybridized carbons (Fsp3) is 0.556. The molecule has 0 bridgehead atoms. The highest BCUT2D eigenvalue weighted by Gasteiger charge is 2.43. The molecule has 116 valence electrons. The molecule has 4 rings (SSSR count). The molecule has 0 radical (unpaired) electrons. The fourth-order valence-corrected chi connectivity index (χ4v) is 4.15. The summed E-state index contributed by atoms with van der Waals surface area (Å²) in [6.45, 7) is 1.72. The molecule has 1 saturated heterocycles. The first-order valence-corrected chi connectivity index (χ1v) is 8.28. The van der Waals surface area contributed by atoms with Crippen LogP contribution in [-0.2, 0) is 16.0 Å². The second-order valence-corrected chi connectivity index (χ2v) is 6.95. The number of para-hydroxylation sites is 1. The van der Waals surface area contributed by atoms with Gasteiger partial charge in [-0.25, -0.2) is 4.99 Å². The Morgan fingerprint density at radius 3 is 3.05 bits per heavy atom. The zero-order chi connectivity index (χ0) is 15.0. The van der Waals surface area contributed by atoms with E-state index in [1.807, 2.05) is 18.2 Å². The lowest BCUT2D eigenvalue weighted by atomic mass is 9.80.